The van der Waals surface area contributed by atoms with Crippen molar-refractivity contribution >= 4 is 23.8 Å². The molecule has 2 heteroatoms. The van der Waals surface area contributed by atoms with E-state index in [-0.39, 0.29) is 0 Å². The topological polar surface area (TPSA) is 14.1 Å². The molecule has 74 valence electrons. The van der Waals surface area contributed by atoms with E-state index in [1.54, 1.807) is 0 Å². The minimum atomic E-state index is 0.765. The van der Waals surface area contributed by atoms with Crippen molar-refractivity contribution in [2.24, 2.45) is 0 Å². The Morgan fingerprint density at radius 1 is 0.800 bits per heavy atom. The van der Waals surface area contributed by atoms with E-state index in [1.165, 1.54) is 5.56 Å². The Labute approximate surface area is 94.1 Å². The summed E-state index contributed by atoms with van der Waals surface area (Å²) in [5.74, 6) is 0. The van der Waals surface area contributed by atoms with E-state index in [2.05, 4.69) is 17.1 Å². The zero-order chi connectivity index (χ0) is 10.5. The van der Waals surface area contributed by atoms with Crippen LogP contribution >= 0.6 is 11.6 Å². The second-order valence-electron chi connectivity index (χ2n) is 3.22. The van der Waals surface area contributed by atoms with Gasteiger partial charge in [-0.15, -0.1) is 0 Å². The number of aromatic amines is 1. The van der Waals surface area contributed by atoms with Crippen LogP contribution in [0.2, 0.25) is 5.02 Å². The fourth-order valence-electron chi connectivity index (χ4n) is 1.28. The fourth-order valence-corrected chi connectivity index (χ4v) is 1.40. The number of hydrogen-bond acceptors (Lipinski definition) is 0. The van der Waals surface area contributed by atoms with E-state index in [9.17, 15) is 0 Å². The molecule has 0 aliphatic heterocycles. The smallest absolute Gasteiger partial charge is 0.167 e. The lowest BCUT2D eigenvalue weighted by molar-refractivity contribution is -0.378. The second kappa shape index (κ2) is 4.76. The highest BCUT2D eigenvalue weighted by molar-refractivity contribution is 6.30. The minimum Gasteiger partial charge on any atom is -0.218 e. The molecule has 2 aromatic rings. The third kappa shape index (κ3) is 2.93. The summed E-state index contributed by atoms with van der Waals surface area (Å²) >= 11 is 5.80. The highest BCUT2D eigenvalue weighted by Crippen LogP contribution is 2.12. The van der Waals surface area contributed by atoms with Crippen LogP contribution in [0.25, 0.3) is 12.2 Å². The number of rotatable bonds is 2. The number of nitrogens with one attached hydrogen (secondary N) is 1. The van der Waals surface area contributed by atoms with Gasteiger partial charge in [-0.3, -0.25) is 0 Å². The van der Waals surface area contributed by atoms with Crippen LogP contribution in [-0.2, 0) is 0 Å². The molecule has 0 aliphatic carbocycles. The maximum absolute atomic E-state index is 5.80. The van der Waals surface area contributed by atoms with Crippen LogP contribution in [0.1, 0.15) is 11.1 Å². The average molecular weight is 217 g/mol. The third-order valence-corrected chi connectivity index (χ3v) is 2.33. The van der Waals surface area contributed by atoms with Gasteiger partial charge in [-0.25, -0.2) is 4.98 Å². The van der Waals surface area contributed by atoms with Crippen LogP contribution in [0.3, 0.4) is 0 Å². The number of hydrogen-bond donors (Lipinski definition) is 0. The molecule has 0 aliphatic rings. The maximum Gasteiger partial charge on any atom is 0.167 e. The molecule has 2 rings (SSSR count). The quantitative estimate of drug-likeness (QED) is 0.731. The first kappa shape index (κ1) is 9.94. The summed E-state index contributed by atoms with van der Waals surface area (Å²) in [4.78, 5) is 2.99. The molecule has 1 aromatic heterocycles. The molecular formula is C13H11ClN+. The minimum absolute atomic E-state index is 0.765. The van der Waals surface area contributed by atoms with E-state index in [0.29, 0.717) is 0 Å². The summed E-state index contributed by atoms with van der Waals surface area (Å²) in [5, 5.41) is 0.765. The van der Waals surface area contributed by atoms with Gasteiger partial charge in [0, 0.05) is 17.2 Å². The first-order valence-electron chi connectivity index (χ1n) is 4.74. The van der Waals surface area contributed by atoms with Crippen molar-refractivity contribution in [3.63, 3.8) is 0 Å². The van der Waals surface area contributed by atoms with Gasteiger partial charge in [0.05, 0.1) is 0 Å². The van der Waals surface area contributed by atoms with Crippen LogP contribution in [0.15, 0.2) is 48.8 Å². The molecule has 0 spiro atoms. The van der Waals surface area contributed by atoms with Gasteiger partial charge in [0.15, 0.2) is 12.4 Å². The maximum atomic E-state index is 5.80. The van der Waals surface area contributed by atoms with Crippen molar-refractivity contribution in [3.05, 3.63) is 64.9 Å². The van der Waals surface area contributed by atoms with Crippen LogP contribution in [-0.4, -0.2) is 0 Å². The summed E-state index contributed by atoms with van der Waals surface area (Å²) < 4.78 is 0. The van der Waals surface area contributed by atoms with Crippen LogP contribution < -0.4 is 4.98 Å². The summed E-state index contributed by atoms with van der Waals surface area (Å²) in [7, 11) is 0. The van der Waals surface area contributed by atoms with Gasteiger partial charge in [-0.2, -0.15) is 0 Å². The fraction of sp³-hybridized carbons (Fsp3) is 0. The molecule has 1 heterocycles. The van der Waals surface area contributed by atoms with Gasteiger partial charge in [-0.1, -0.05) is 35.9 Å². The highest BCUT2D eigenvalue weighted by atomic mass is 35.5. The van der Waals surface area contributed by atoms with Crippen LogP contribution in [0, 0.1) is 0 Å². The van der Waals surface area contributed by atoms with E-state index in [0.717, 1.165) is 10.6 Å². The molecule has 0 fully saturated rings. The first-order valence-corrected chi connectivity index (χ1v) is 5.12. The average Bonchev–Trinajstić information content (AvgIpc) is 2.30. The van der Waals surface area contributed by atoms with Crippen molar-refractivity contribution < 1.29 is 4.98 Å². The Morgan fingerprint density at radius 3 is 1.93 bits per heavy atom. The number of halogens is 1. The van der Waals surface area contributed by atoms with Gasteiger partial charge in [0.25, 0.3) is 0 Å². The zero-order valence-corrected chi connectivity index (χ0v) is 8.91. The first-order chi connectivity index (χ1) is 7.34. The van der Waals surface area contributed by atoms with Crippen molar-refractivity contribution in [3.8, 4) is 0 Å². The summed E-state index contributed by atoms with van der Waals surface area (Å²) in [6.07, 6.45) is 7.94. The molecule has 1 N–H and O–H groups in total. The molecule has 0 unspecified atom stereocenters. The van der Waals surface area contributed by atoms with Crippen molar-refractivity contribution in [1.29, 1.82) is 0 Å². The predicted octanol–water partition coefficient (Wildman–Crippen LogP) is 3.32. The zero-order valence-electron chi connectivity index (χ0n) is 8.15. The summed E-state index contributed by atoms with van der Waals surface area (Å²) in [6, 6.07) is 11.8. The number of aromatic nitrogens is 1. The van der Waals surface area contributed by atoms with Gasteiger partial charge >= 0.3 is 0 Å². The molecule has 1 aromatic carbocycles. The van der Waals surface area contributed by atoms with Crippen molar-refractivity contribution in [2.75, 3.05) is 0 Å². The molecule has 0 saturated carbocycles. The van der Waals surface area contributed by atoms with Gasteiger partial charge in [0.2, 0.25) is 0 Å². The molecule has 0 amide bonds. The van der Waals surface area contributed by atoms with Crippen LogP contribution in [0.4, 0.5) is 0 Å². The third-order valence-electron chi connectivity index (χ3n) is 2.08. The predicted molar refractivity (Wildman–Crippen MR) is 63.4 cm³/mol. The van der Waals surface area contributed by atoms with Gasteiger partial charge in [0.1, 0.15) is 0 Å². The molecule has 1 nitrogen and oxygen atoms in total. The SMILES string of the molecule is Clc1ccc(/C=C\c2cc[nH+]cc2)cc1. The Bertz CT molecular complexity index is 446. The van der Waals surface area contributed by atoms with Crippen molar-refractivity contribution in [2.45, 2.75) is 0 Å². The Kier molecular flexibility index (Phi) is 3.15. The van der Waals surface area contributed by atoms with E-state index >= 15 is 0 Å². The molecular weight excluding hydrogens is 206 g/mol. The molecule has 0 atom stereocenters. The lowest BCUT2D eigenvalue weighted by atomic mass is 10.1. The normalized spacial score (nSPS) is 10.7. The standard InChI is InChI=1S/C13H10ClN/c14-13-5-3-11(4-6-13)1-2-12-7-9-15-10-8-12/h1-10H/p+1/b2-1-. The highest BCUT2D eigenvalue weighted by Gasteiger charge is 1.89. The summed E-state index contributed by atoms with van der Waals surface area (Å²) in [5.41, 5.74) is 2.32. The number of pyridine rings is 1. The van der Waals surface area contributed by atoms with E-state index in [4.69, 9.17) is 11.6 Å². The van der Waals surface area contributed by atoms with Gasteiger partial charge < -0.3 is 0 Å². The number of benzene rings is 1. The molecule has 15 heavy (non-hydrogen) atoms. The lowest BCUT2D eigenvalue weighted by Crippen LogP contribution is -1.96. The number of H-pyrrole nitrogens is 1. The molecule has 0 bridgehead atoms. The van der Waals surface area contributed by atoms with Crippen molar-refractivity contribution in [1.82, 2.24) is 0 Å². The largest absolute Gasteiger partial charge is 0.218 e. The van der Waals surface area contributed by atoms with E-state index < -0.39 is 0 Å². The summed E-state index contributed by atoms with van der Waals surface area (Å²) in [6.45, 7) is 0. The second-order valence-corrected chi connectivity index (χ2v) is 3.65. The van der Waals surface area contributed by atoms with Gasteiger partial charge in [-0.05, 0) is 23.3 Å². The Hall–Kier alpha value is -1.60. The lowest BCUT2D eigenvalue weighted by Gasteiger charge is -1.93. The Morgan fingerprint density at radius 2 is 1.33 bits per heavy atom. The Balaban J connectivity index is 2.15. The molecule has 0 radical (unpaired) electrons. The van der Waals surface area contributed by atoms with Crippen LogP contribution in [0.5, 0.6) is 0 Å². The molecule has 0 saturated heterocycles. The monoisotopic (exact) mass is 216 g/mol. The van der Waals surface area contributed by atoms with E-state index in [1.807, 2.05) is 48.8 Å².